The summed E-state index contributed by atoms with van der Waals surface area (Å²) in [5, 5.41) is 33.2. The Morgan fingerprint density at radius 2 is 1.98 bits per heavy atom. The van der Waals surface area contributed by atoms with Gasteiger partial charge in [0.25, 0.3) is 0 Å². The molecule has 0 saturated carbocycles. The number of hydrogen-bond donors (Lipinski definition) is 4. The molecule has 12 heteroatoms. The summed E-state index contributed by atoms with van der Waals surface area (Å²) < 4.78 is 17.9. The summed E-state index contributed by atoms with van der Waals surface area (Å²) in [5.41, 5.74) is 1.01. The molecule has 3 unspecified atom stereocenters. The van der Waals surface area contributed by atoms with Crippen LogP contribution in [0, 0.1) is 9.49 Å². The number of carbonyl (C=O) groups excluding carboxylic acids is 2. The Labute approximate surface area is 249 Å². The average molecular weight is 676 g/mol. The molecule has 2 aliphatic rings. The zero-order valence-corrected chi connectivity index (χ0v) is 25.6. The Morgan fingerprint density at radius 1 is 1.25 bits per heavy atom. The maximum Gasteiger partial charge on any atom is 0.247 e. The van der Waals surface area contributed by atoms with E-state index in [4.69, 9.17) is 14.2 Å². The van der Waals surface area contributed by atoms with Gasteiger partial charge in [0.2, 0.25) is 11.8 Å². The van der Waals surface area contributed by atoms with E-state index in [-0.39, 0.29) is 43.9 Å². The molecule has 0 spiro atoms. The van der Waals surface area contributed by atoms with Crippen LogP contribution in [-0.2, 0) is 20.9 Å². The van der Waals surface area contributed by atoms with Crippen molar-refractivity contribution in [3.8, 4) is 11.5 Å². The molecule has 3 rings (SSSR count). The van der Waals surface area contributed by atoms with Gasteiger partial charge < -0.3 is 39.7 Å². The molecule has 0 bridgehead atoms. The van der Waals surface area contributed by atoms with Crippen LogP contribution in [-0.4, -0.2) is 115 Å². The molecule has 0 aromatic heterocycles. The average Bonchev–Trinajstić information content (AvgIpc) is 2.94. The van der Waals surface area contributed by atoms with Gasteiger partial charge in [-0.1, -0.05) is 13.8 Å². The monoisotopic (exact) mass is 675 g/mol. The van der Waals surface area contributed by atoms with Gasteiger partial charge in [-0.3, -0.25) is 14.5 Å². The van der Waals surface area contributed by atoms with Crippen molar-refractivity contribution in [1.82, 2.24) is 15.1 Å². The molecule has 1 fully saturated rings. The van der Waals surface area contributed by atoms with Crippen LogP contribution in [0.5, 0.6) is 11.5 Å². The summed E-state index contributed by atoms with van der Waals surface area (Å²) in [4.78, 5) is 30.5. The highest BCUT2D eigenvalue weighted by atomic mass is 127. The van der Waals surface area contributed by atoms with Gasteiger partial charge >= 0.3 is 0 Å². The number of nitrogens with one attached hydrogen (secondary N) is 1. The summed E-state index contributed by atoms with van der Waals surface area (Å²) in [7, 11) is 1.49. The number of morpholine rings is 1. The number of amides is 2. The van der Waals surface area contributed by atoms with E-state index >= 15 is 0 Å². The molecule has 224 valence electrons. The van der Waals surface area contributed by atoms with Gasteiger partial charge in [0.15, 0.2) is 11.5 Å². The summed E-state index contributed by atoms with van der Waals surface area (Å²) in [6.07, 6.45) is -0.0663. The van der Waals surface area contributed by atoms with Crippen LogP contribution >= 0.6 is 22.6 Å². The first kappa shape index (κ1) is 32.5. The lowest BCUT2D eigenvalue weighted by atomic mass is 9.87. The Kier molecular flexibility index (Phi) is 12.9. The van der Waals surface area contributed by atoms with E-state index in [9.17, 15) is 24.9 Å². The highest BCUT2D eigenvalue weighted by Gasteiger charge is 2.41. The van der Waals surface area contributed by atoms with Crippen LogP contribution in [0.2, 0.25) is 0 Å². The Bertz CT molecular complexity index is 1030. The van der Waals surface area contributed by atoms with Gasteiger partial charge in [-0.05, 0) is 52.3 Å². The van der Waals surface area contributed by atoms with Crippen molar-refractivity contribution in [2.45, 2.75) is 51.5 Å². The van der Waals surface area contributed by atoms with Crippen molar-refractivity contribution in [3.63, 3.8) is 0 Å². The topological polar surface area (TPSA) is 141 Å². The lowest BCUT2D eigenvalue weighted by molar-refractivity contribution is -0.139. The zero-order chi connectivity index (χ0) is 29.2. The van der Waals surface area contributed by atoms with E-state index in [1.165, 1.54) is 7.11 Å². The van der Waals surface area contributed by atoms with Crippen molar-refractivity contribution < 1.29 is 39.1 Å². The first-order valence-electron chi connectivity index (χ1n) is 13.7. The highest BCUT2D eigenvalue weighted by Crippen LogP contribution is 2.37. The molecule has 1 saturated heterocycles. The summed E-state index contributed by atoms with van der Waals surface area (Å²) in [6.45, 7) is 7.44. The second kappa shape index (κ2) is 15.9. The number of aliphatic hydroxyl groups is 3. The Balaban J connectivity index is 1.95. The minimum absolute atomic E-state index is 0.0796. The normalized spacial score (nSPS) is 21.6. The van der Waals surface area contributed by atoms with Gasteiger partial charge in [-0.25, -0.2) is 0 Å². The molecule has 4 N–H and O–H groups in total. The maximum atomic E-state index is 13.5. The van der Waals surface area contributed by atoms with Crippen molar-refractivity contribution in [1.29, 1.82) is 0 Å². The van der Waals surface area contributed by atoms with Crippen molar-refractivity contribution in [2.75, 3.05) is 59.7 Å². The SMILES string of the molecule is COc1cc(CO)cc(I)c1OC1C=C(C(=O)NCCO)CC(N(CCN2CCOCC2)C(=O)CC(C)C)C1O. The molecule has 1 heterocycles. The predicted octanol–water partition coefficient (Wildman–Crippen LogP) is 0.915. The molecule has 2 amide bonds. The van der Waals surface area contributed by atoms with Gasteiger partial charge in [-0.2, -0.15) is 0 Å². The van der Waals surface area contributed by atoms with Crippen LogP contribution in [0.15, 0.2) is 23.8 Å². The molecule has 40 heavy (non-hydrogen) atoms. The quantitative estimate of drug-likeness (QED) is 0.225. The van der Waals surface area contributed by atoms with E-state index in [1.54, 1.807) is 23.1 Å². The second-order valence-corrected chi connectivity index (χ2v) is 11.6. The molecule has 1 aromatic rings. The minimum atomic E-state index is -1.13. The highest BCUT2D eigenvalue weighted by molar-refractivity contribution is 14.1. The first-order chi connectivity index (χ1) is 19.2. The third-order valence-corrected chi connectivity index (χ3v) is 7.81. The van der Waals surface area contributed by atoms with E-state index in [0.717, 1.165) is 13.1 Å². The van der Waals surface area contributed by atoms with Gasteiger partial charge in [0.1, 0.15) is 12.2 Å². The number of aliphatic hydroxyl groups excluding tert-OH is 3. The van der Waals surface area contributed by atoms with E-state index in [2.05, 4.69) is 32.8 Å². The molecule has 0 radical (unpaired) electrons. The smallest absolute Gasteiger partial charge is 0.247 e. The fraction of sp³-hybridized carbons (Fsp3) is 0.643. The Hall–Kier alpha value is -1.97. The minimum Gasteiger partial charge on any atom is -0.493 e. The third-order valence-electron chi connectivity index (χ3n) is 7.00. The van der Waals surface area contributed by atoms with Crippen molar-refractivity contribution >= 4 is 34.4 Å². The third kappa shape index (κ3) is 8.76. The van der Waals surface area contributed by atoms with E-state index in [1.807, 2.05) is 13.8 Å². The van der Waals surface area contributed by atoms with Crippen LogP contribution in [0.4, 0.5) is 0 Å². The number of methoxy groups -OCH3 is 1. The number of ether oxygens (including phenoxy) is 3. The number of nitrogens with zero attached hydrogens (tertiary/aromatic N) is 2. The van der Waals surface area contributed by atoms with Gasteiger partial charge in [0, 0.05) is 51.1 Å². The fourth-order valence-electron chi connectivity index (χ4n) is 4.91. The zero-order valence-electron chi connectivity index (χ0n) is 23.5. The number of rotatable bonds is 13. The van der Waals surface area contributed by atoms with E-state index in [0.29, 0.717) is 58.9 Å². The number of benzene rings is 1. The van der Waals surface area contributed by atoms with Gasteiger partial charge in [0.05, 0.1) is 43.1 Å². The standard InChI is InChI=1S/C28H42IN3O8/c1-18(2)12-25(35)32(6-5-31-7-10-39-11-8-31)22-15-20(28(37)30-4-9-33)16-23(26(22)36)40-27-21(29)13-19(17-34)14-24(27)38-3/h13-14,16,18,22-23,26,33-34,36H,4-12,15,17H2,1-3H3,(H,30,37). The second-order valence-electron chi connectivity index (χ2n) is 10.4. The molecular weight excluding hydrogens is 633 g/mol. The largest absolute Gasteiger partial charge is 0.493 e. The van der Waals surface area contributed by atoms with E-state index < -0.39 is 18.2 Å². The molecular formula is C28H42IN3O8. The van der Waals surface area contributed by atoms with Gasteiger partial charge in [-0.15, -0.1) is 0 Å². The molecule has 11 nitrogen and oxygen atoms in total. The van der Waals surface area contributed by atoms with Crippen LogP contribution in [0.1, 0.15) is 32.3 Å². The van der Waals surface area contributed by atoms with Crippen molar-refractivity contribution in [2.24, 2.45) is 5.92 Å². The fourth-order valence-corrected chi connectivity index (χ4v) is 5.70. The number of halogens is 1. The molecule has 1 aliphatic carbocycles. The van der Waals surface area contributed by atoms with Crippen LogP contribution in [0.3, 0.4) is 0 Å². The lowest BCUT2D eigenvalue weighted by Gasteiger charge is -2.41. The predicted molar refractivity (Wildman–Crippen MR) is 157 cm³/mol. The summed E-state index contributed by atoms with van der Waals surface area (Å²) >= 11 is 2.07. The Morgan fingerprint density at radius 3 is 2.60 bits per heavy atom. The van der Waals surface area contributed by atoms with Crippen LogP contribution in [0.25, 0.3) is 0 Å². The lowest BCUT2D eigenvalue weighted by Crippen LogP contribution is -2.57. The van der Waals surface area contributed by atoms with Crippen molar-refractivity contribution in [3.05, 3.63) is 32.9 Å². The van der Waals surface area contributed by atoms with Crippen LogP contribution < -0.4 is 14.8 Å². The first-order valence-corrected chi connectivity index (χ1v) is 14.8. The summed E-state index contributed by atoms with van der Waals surface area (Å²) in [5.74, 6) is 0.378. The maximum absolute atomic E-state index is 13.5. The number of carbonyl (C=O) groups is 2. The molecule has 1 aliphatic heterocycles. The number of hydrogen-bond acceptors (Lipinski definition) is 9. The molecule has 1 aromatic carbocycles. The summed E-state index contributed by atoms with van der Waals surface area (Å²) in [6, 6.07) is 2.70. The molecule has 3 atom stereocenters.